The summed E-state index contributed by atoms with van der Waals surface area (Å²) >= 11 is 0. The number of benzene rings is 2. The number of hydrogen-bond acceptors (Lipinski definition) is 3. The van der Waals surface area contributed by atoms with E-state index in [1.54, 1.807) is 12.1 Å². The highest BCUT2D eigenvalue weighted by Crippen LogP contribution is 2.48. The minimum Gasteiger partial charge on any atom is -0.394 e. The van der Waals surface area contributed by atoms with Gasteiger partial charge in [0, 0.05) is 18.0 Å². The van der Waals surface area contributed by atoms with Crippen LogP contribution >= 0.6 is 0 Å². The summed E-state index contributed by atoms with van der Waals surface area (Å²) in [5.74, 6) is -1.91. The van der Waals surface area contributed by atoms with Gasteiger partial charge in [-0.2, -0.15) is 0 Å². The standard InChI is InChI=1S/C22H22F3N3O2/c23-14-3-1-12(2-4-14)20-19(16-7-15(24)8-17(25)21(16)28-20)13-5-11(6-13)9-27-22(30)18(26)10-29/h1-4,7-8,11,13,18,28-29H,5-6,9-10,26H2,(H,27,30)/t11-,13-,18-/m1/s1. The van der Waals surface area contributed by atoms with Crippen molar-refractivity contribution >= 4 is 16.8 Å². The molecule has 5 N–H and O–H groups in total. The number of fused-ring (bicyclic) bond motifs is 1. The number of amides is 1. The molecule has 8 heteroatoms. The molecular weight excluding hydrogens is 395 g/mol. The van der Waals surface area contributed by atoms with Crippen LogP contribution in [0.1, 0.15) is 24.3 Å². The number of aliphatic hydroxyl groups excluding tert-OH is 1. The van der Waals surface area contributed by atoms with Gasteiger partial charge in [-0.25, -0.2) is 13.2 Å². The molecule has 0 aliphatic heterocycles. The van der Waals surface area contributed by atoms with Gasteiger partial charge in [-0.05, 0) is 66.1 Å². The number of carbonyl (C=O) groups excluding carboxylic acids is 1. The number of aromatic amines is 1. The molecule has 2 aromatic carbocycles. The Kier molecular flexibility index (Phi) is 5.53. The second-order valence-corrected chi connectivity index (χ2v) is 7.80. The van der Waals surface area contributed by atoms with E-state index in [0.717, 1.165) is 11.6 Å². The van der Waals surface area contributed by atoms with Gasteiger partial charge in [0.05, 0.1) is 17.8 Å². The van der Waals surface area contributed by atoms with Crippen molar-refractivity contribution in [2.24, 2.45) is 11.7 Å². The van der Waals surface area contributed by atoms with Gasteiger partial charge in [0.15, 0.2) is 0 Å². The molecule has 0 radical (unpaired) electrons. The third kappa shape index (κ3) is 3.80. The predicted molar refractivity (Wildman–Crippen MR) is 107 cm³/mol. The van der Waals surface area contributed by atoms with Crippen LogP contribution < -0.4 is 11.1 Å². The molecule has 5 nitrogen and oxygen atoms in total. The molecule has 1 fully saturated rings. The van der Waals surface area contributed by atoms with Crippen molar-refractivity contribution in [2.75, 3.05) is 13.2 Å². The van der Waals surface area contributed by atoms with E-state index in [1.165, 1.54) is 18.2 Å². The van der Waals surface area contributed by atoms with E-state index < -0.39 is 30.2 Å². The van der Waals surface area contributed by atoms with E-state index in [-0.39, 0.29) is 23.2 Å². The topological polar surface area (TPSA) is 91.1 Å². The van der Waals surface area contributed by atoms with Gasteiger partial charge in [-0.1, -0.05) is 0 Å². The molecule has 4 rings (SSSR count). The number of nitrogens with two attached hydrogens (primary N) is 1. The quantitative estimate of drug-likeness (QED) is 0.497. The van der Waals surface area contributed by atoms with Gasteiger partial charge < -0.3 is 21.1 Å². The van der Waals surface area contributed by atoms with Crippen LogP contribution in [0.3, 0.4) is 0 Å². The molecule has 158 valence electrons. The molecule has 1 atom stereocenters. The summed E-state index contributed by atoms with van der Waals surface area (Å²) in [6.07, 6.45) is 1.43. The fourth-order valence-electron chi connectivity index (χ4n) is 4.11. The minimum absolute atomic E-state index is 0.0356. The van der Waals surface area contributed by atoms with Gasteiger partial charge in [0.25, 0.3) is 0 Å². The van der Waals surface area contributed by atoms with Gasteiger partial charge in [-0.15, -0.1) is 0 Å². The predicted octanol–water partition coefficient (Wildman–Crippen LogP) is 3.18. The Morgan fingerprint density at radius 1 is 1.17 bits per heavy atom. The number of rotatable bonds is 6. The van der Waals surface area contributed by atoms with E-state index in [1.807, 2.05) is 0 Å². The maximum atomic E-state index is 14.4. The first-order chi connectivity index (χ1) is 14.4. The first-order valence-electron chi connectivity index (χ1n) is 9.78. The molecule has 3 aromatic rings. The molecular formula is C22H22F3N3O2. The van der Waals surface area contributed by atoms with Crippen molar-refractivity contribution in [3.63, 3.8) is 0 Å². The van der Waals surface area contributed by atoms with Crippen molar-refractivity contribution < 1.29 is 23.1 Å². The third-order valence-corrected chi connectivity index (χ3v) is 5.74. The average Bonchev–Trinajstić information content (AvgIpc) is 3.06. The van der Waals surface area contributed by atoms with E-state index in [9.17, 15) is 18.0 Å². The maximum Gasteiger partial charge on any atom is 0.239 e. The lowest BCUT2D eigenvalue weighted by atomic mass is 9.70. The fourth-order valence-corrected chi connectivity index (χ4v) is 4.11. The summed E-state index contributed by atoms with van der Waals surface area (Å²) < 4.78 is 41.7. The average molecular weight is 417 g/mol. The summed E-state index contributed by atoms with van der Waals surface area (Å²) in [6.45, 7) is -0.00733. The number of carbonyl (C=O) groups is 1. The number of H-pyrrole nitrogens is 1. The molecule has 1 heterocycles. The molecule has 1 amide bonds. The second kappa shape index (κ2) is 8.12. The zero-order chi connectivity index (χ0) is 21.4. The SMILES string of the molecule is N[C@H](CO)C(=O)NC[C@H]1C[C@H](c2c(-c3ccc(F)cc3)[nH]c3c(F)cc(F)cc32)C1. The third-order valence-electron chi connectivity index (χ3n) is 5.74. The summed E-state index contributed by atoms with van der Waals surface area (Å²) in [7, 11) is 0. The van der Waals surface area contributed by atoms with Gasteiger partial charge >= 0.3 is 0 Å². The fraction of sp³-hybridized carbons (Fsp3) is 0.318. The number of aromatic nitrogens is 1. The molecule has 30 heavy (non-hydrogen) atoms. The Balaban J connectivity index is 1.61. The van der Waals surface area contributed by atoms with Crippen LogP contribution in [0, 0.1) is 23.4 Å². The van der Waals surface area contributed by atoms with Crippen molar-refractivity contribution in [3.8, 4) is 11.3 Å². The van der Waals surface area contributed by atoms with Crippen LogP contribution in [0.4, 0.5) is 13.2 Å². The molecule has 1 aromatic heterocycles. The van der Waals surface area contributed by atoms with E-state index >= 15 is 0 Å². The number of hydrogen-bond donors (Lipinski definition) is 4. The first kappa shape index (κ1) is 20.4. The lowest BCUT2D eigenvalue weighted by Crippen LogP contribution is -2.45. The Morgan fingerprint density at radius 2 is 1.87 bits per heavy atom. The highest BCUT2D eigenvalue weighted by atomic mass is 19.1. The summed E-state index contributed by atoms with van der Waals surface area (Å²) in [5, 5.41) is 12.1. The van der Waals surface area contributed by atoms with Crippen LogP contribution in [0.25, 0.3) is 22.2 Å². The molecule has 1 aliphatic rings. The first-order valence-corrected chi connectivity index (χ1v) is 9.78. The lowest BCUT2D eigenvalue weighted by Gasteiger charge is -2.36. The lowest BCUT2D eigenvalue weighted by molar-refractivity contribution is -0.123. The van der Waals surface area contributed by atoms with Crippen molar-refractivity contribution in [3.05, 3.63) is 59.4 Å². The Bertz CT molecular complexity index is 1080. The van der Waals surface area contributed by atoms with Crippen LogP contribution in [-0.2, 0) is 4.79 Å². The normalized spacial score (nSPS) is 19.5. The molecule has 0 saturated heterocycles. The van der Waals surface area contributed by atoms with Crippen LogP contribution in [0.2, 0.25) is 0 Å². The minimum atomic E-state index is -0.953. The zero-order valence-corrected chi connectivity index (χ0v) is 16.1. The van der Waals surface area contributed by atoms with E-state index in [2.05, 4.69) is 10.3 Å². The summed E-state index contributed by atoms with van der Waals surface area (Å²) in [4.78, 5) is 14.8. The maximum absolute atomic E-state index is 14.4. The van der Waals surface area contributed by atoms with Crippen LogP contribution in [0.15, 0.2) is 36.4 Å². The highest BCUT2D eigenvalue weighted by Gasteiger charge is 2.35. The Morgan fingerprint density at radius 3 is 2.53 bits per heavy atom. The zero-order valence-electron chi connectivity index (χ0n) is 16.1. The molecule has 0 unspecified atom stereocenters. The molecule has 1 saturated carbocycles. The largest absolute Gasteiger partial charge is 0.394 e. The Hall–Kier alpha value is -2.84. The van der Waals surface area contributed by atoms with E-state index in [4.69, 9.17) is 10.8 Å². The summed E-state index contributed by atoms with van der Waals surface area (Å²) in [5.41, 5.74) is 7.83. The van der Waals surface area contributed by atoms with Crippen LogP contribution in [0.5, 0.6) is 0 Å². The van der Waals surface area contributed by atoms with Crippen molar-refractivity contribution in [1.29, 1.82) is 0 Å². The molecule has 0 bridgehead atoms. The van der Waals surface area contributed by atoms with Crippen molar-refractivity contribution in [2.45, 2.75) is 24.8 Å². The Labute approximate surface area is 171 Å². The number of nitrogens with one attached hydrogen (secondary N) is 2. The monoisotopic (exact) mass is 417 g/mol. The van der Waals surface area contributed by atoms with Gasteiger partial charge in [0.2, 0.25) is 5.91 Å². The molecule has 1 aliphatic carbocycles. The van der Waals surface area contributed by atoms with Gasteiger partial charge in [-0.3, -0.25) is 4.79 Å². The summed E-state index contributed by atoms with van der Waals surface area (Å²) in [6, 6.07) is 7.05. The van der Waals surface area contributed by atoms with Crippen LogP contribution in [-0.4, -0.2) is 35.2 Å². The number of aliphatic hydroxyl groups is 1. The van der Waals surface area contributed by atoms with E-state index in [0.29, 0.717) is 36.0 Å². The van der Waals surface area contributed by atoms with Crippen molar-refractivity contribution in [1.82, 2.24) is 10.3 Å². The molecule has 0 spiro atoms. The second-order valence-electron chi connectivity index (χ2n) is 7.80. The van der Waals surface area contributed by atoms with Gasteiger partial charge in [0.1, 0.15) is 23.5 Å². The number of halogens is 3. The smallest absolute Gasteiger partial charge is 0.239 e. The highest BCUT2D eigenvalue weighted by molar-refractivity contribution is 5.92.